The Hall–Kier alpha value is -3.15. The van der Waals surface area contributed by atoms with Gasteiger partial charge in [-0.3, -0.25) is 14.4 Å². The Morgan fingerprint density at radius 3 is 2.38 bits per heavy atom. The highest BCUT2D eigenvalue weighted by atomic mass is 16.2. The lowest BCUT2D eigenvalue weighted by molar-refractivity contribution is -0.122. The molecule has 0 spiro atoms. The van der Waals surface area contributed by atoms with E-state index in [0.717, 1.165) is 31.4 Å². The second-order valence-electron chi connectivity index (χ2n) is 7.73. The summed E-state index contributed by atoms with van der Waals surface area (Å²) in [6, 6.07) is 16.6. The predicted octanol–water partition coefficient (Wildman–Crippen LogP) is 3.35. The molecule has 0 aromatic heterocycles. The number of nitrogens with one attached hydrogen (secondary N) is 2. The number of nitrogens with zero attached hydrogens (tertiary/aromatic N) is 1. The number of carbonyl (C=O) groups is 3. The molecular weight excluding hydrogens is 366 g/mol. The molecule has 1 saturated heterocycles. The van der Waals surface area contributed by atoms with Crippen LogP contribution in [0, 0.1) is 5.92 Å². The van der Waals surface area contributed by atoms with Crippen molar-refractivity contribution >= 4 is 29.1 Å². The number of hydrogen-bond acceptors (Lipinski definition) is 3. The van der Waals surface area contributed by atoms with Crippen LogP contribution in [-0.2, 0) is 9.59 Å². The Kier molecular flexibility index (Phi) is 5.60. The fourth-order valence-corrected chi connectivity index (χ4v) is 4.10. The van der Waals surface area contributed by atoms with E-state index in [4.69, 9.17) is 0 Å². The average molecular weight is 391 g/mol. The molecule has 2 fully saturated rings. The quantitative estimate of drug-likeness (QED) is 0.820. The van der Waals surface area contributed by atoms with Gasteiger partial charge < -0.3 is 15.5 Å². The van der Waals surface area contributed by atoms with E-state index >= 15 is 0 Å². The van der Waals surface area contributed by atoms with Gasteiger partial charge in [0.25, 0.3) is 5.91 Å². The summed E-state index contributed by atoms with van der Waals surface area (Å²) in [5.41, 5.74) is 1.74. The summed E-state index contributed by atoms with van der Waals surface area (Å²) in [6.45, 7) is 0.338. The van der Waals surface area contributed by atoms with Crippen LogP contribution < -0.4 is 15.5 Å². The molecule has 1 saturated carbocycles. The first kappa shape index (κ1) is 19.2. The van der Waals surface area contributed by atoms with Crippen molar-refractivity contribution in [3.05, 3.63) is 60.2 Å². The van der Waals surface area contributed by atoms with Gasteiger partial charge >= 0.3 is 0 Å². The van der Waals surface area contributed by atoms with Crippen LogP contribution >= 0.6 is 0 Å². The van der Waals surface area contributed by atoms with Crippen molar-refractivity contribution in [3.63, 3.8) is 0 Å². The van der Waals surface area contributed by atoms with Gasteiger partial charge in [-0.2, -0.15) is 0 Å². The van der Waals surface area contributed by atoms with Gasteiger partial charge in [-0.15, -0.1) is 0 Å². The van der Waals surface area contributed by atoms with Crippen molar-refractivity contribution in [2.24, 2.45) is 5.92 Å². The van der Waals surface area contributed by atoms with Crippen molar-refractivity contribution in [1.29, 1.82) is 0 Å². The monoisotopic (exact) mass is 391 g/mol. The minimum absolute atomic E-state index is 0.0661. The largest absolute Gasteiger partial charge is 0.349 e. The van der Waals surface area contributed by atoms with Crippen LogP contribution in [0.4, 0.5) is 11.4 Å². The van der Waals surface area contributed by atoms with E-state index in [2.05, 4.69) is 10.6 Å². The zero-order valence-corrected chi connectivity index (χ0v) is 16.3. The van der Waals surface area contributed by atoms with Gasteiger partial charge in [0.05, 0.1) is 17.2 Å². The minimum atomic E-state index is -0.450. The van der Waals surface area contributed by atoms with Crippen LogP contribution in [0.2, 0.25) is 0 Å². The van der Waals surface area contributed by atoms with Crippen LogP contribution in [0.15, 0.2) is 54.6 Å². The Bertz CT molecular complexity index is 907. The van der Waals surface area contributed by atoms with Crippen LogP contribution in [0.1, 0.15) is 42.5 Å². The van der Waals surface area contributed by atoms with Crippen molar-refractivity contribution in [3.8, 4) is 0 Å². The third-order valence-corrected chi connectivity index (χ3v) is 5.68. The minimum Gasteiger partial charge on any atom is -0.349 e. The lowest BCUT2D eigenvalue weighted by Gasteiger charge is -2.17. The summed E-state index contributed by atoms with van der Waals surface area (Å²) < 4.78 is 0. The molecule has 2 aliphatic rings. The van der Waals surface area contributed by atoms with Gasteiger partial charge in [0.2, 0.25) is 11.8 Å². The number of anilines is 2. The fourth-order valence-electron chi connectivity index (χ4n) is 4.10. The zero-order valence-electron chi connectivity index (χ0n) is 16.3. The fraction of sp³-hybridized carbons (Fsp3) is 0.348. The SMILES string of the molecule is O=C(NC1CCCC1)c1ccccc1NC(=O)[C@@H]1CC(=O)N(c2ccccc2)C1. The molecule has 1 aliphatic carbocycles. The van der Waals surface area contributed by atoms with Gasteiger partial charge in [-0.25, -0.2) is 0 Å². The number of amides is 3. The molecule has 29 heavy (non-hydrogen) atoms. The van der Waals surface area contributed by atoms with Gasteiger partial charge in [0, 0.05) is 24.7 Å². The lowest BCUT2D eigenvalue weighted by atomic mass is 10.1. The Morgan fingerprint density at radius 2 is 1.62 bits per heavy atom. The maximum atomic E-state index is 12.8. The van der Waals surface area contributed by atoms with Crippen LogP contribution in [-0.4, -0.2) is 30.3 Å². The Labute approximate surface area is 170 Å². The molecule has 2 N–H and O–H groups in total. The molecule has 3 amide bonds. The summed E-state index contributed by atoms with van der Waals surface area (Å²) in [5, 5.41) is 5.93. The first-order chi connectivity index (χ1) is 14.1. The number of carbonyl (C=O) groups excluding carboxylic acids is 3. The maximum absolute atomic E-state index is 12.8. The van der Waals surface area contributed by atoms with E-state index < -0.39 is 5.92 Å². The first-order valence-electron chi connectivity index (χ1n) is 10.2. The average Bonchev–Trinajstić information content (AvgIpc) is 3.38. The Balaban J connectivity index is 1.43. The molecule has 0 unspecified atom stereocenters. The van der Waals surface area contributed by atoms with Crippen LogP contribution in [0.3, 0.4) is 0 Å². The van der Waals surface area contributed by atoms with Crippen molar-refractivity contribution in [1.82, 2.24) is 5.32 Å². The molecule has 1 aliphatic heterocycles. The molecule has 4 rings (SSSR count). The topological polar surface area (TPSA) is 78.5 Å². The standard InChI is InChI=1S/C23H25N3O3/c27-21-14-16(15-26(21)18-10-2-1-3-11-18)22(28)25-20-13-7-6-12-19(20)23(29)24-17-8-4-5-9-17/h1-3,6-7,10-13,16-17H,4-5,8-9,14-15H2,(H,24,29)(H,25,28)/t16-/m1/s1. The number of benzene rings is 2. The molecule has 150 valence electrons. The second kappa shape index (κ2) is 8.47. The molecule has 0 radical (unpaired) electrons. The molecule has 1 heterocycles. The molecule has 0 bridgehead atoms. The van der Waals surface area contributed by atoms with Gasteiger partial charge in [-0.05, 0) is 37.1 Å². The van der Waals surface area contributed by atoms with Crippen molar-refractivity contribution < 1.29 is 14.4 Å². The number of rotatable bonds is 5. The summed E-state index contributed by atoms with van der Waals surface area (Å²) in [5.74, 6) is -0.920. The molecule has 2 aromatic carbocycles. The summed E-state index contributed by atoms with van der Waals surface area (Å²) in [4.78, 5) is 39.6. The number of hydrogen-bond donors (Lipinski definition) is 2. The van der Waals surface area contributed by atoms with E-state index in [1.165, 1.54) is 0 Å². The lowest BCUT2D eigenvalue weighted by Crippen LogP contribution is -2.33. The first-order valence-corrected chi connectivity index (χ1v) is 10.2. The molecular formula is C23H25N3O3. The summed E-state index contributed by atoms with van der Waals surface area (Å²) >= 11 is 0. The van der Waals surface area contributed by atoms with E-state index in [-0.39, 0.29) is 30.2 Å². The van der Waals surface area contributed by atoms with Crippen molar-refractivity contribution in [2.75, 3.05) is 16.8 Å². The van der Waals surface area contributed by atoms with Crippen LogP contribution in [0.5, 0.6) is 0 Å². The smallest absolute Gasteiger partial charge is 0.253 e. The van der Waals surface area contributed by atoms with E-state index in [1.54, 1.807) is 29.2 Å². The highest BCUT2D eigenvalue weighted by Crippen LogP contribution is 2.26. The van der Waals surface area contributed by atoms with E-state index in [0.29, 0.717) is 17.8 Å². The van der Waals surface area contributed by atoms with Gasteiger partial charge in [0.15, 0.2) is 0 Å². The maximum Gasteiger partial charge on any atom is 0.253 e. The Morgan fingerprint density at radius 1 is 0.931 bits per heavy atom. The van der Waals surface area contributed by atoms with Gasteiger partial charge in [-0.1, -0.05) is 43.2 Å². The predicted molar refractivity (Wildman–Crippen MR) is 112 cm³/mol. The molecule has 6 heteroatoms. The van der Waals surface area contributed by atoms with E-state index in [1.807, 2.05) is 30.3 Å². The summed E-state index contributed by atoms with van der Waals surface area (Å²) in [6.07, 6.45) is 4.44. The molecule has 1 atom stereocenters. The van der Waals surface area contributed by atoms with Gasteiger partial charge in [0.1, 0.15) is 0 Å². The van der Waals surface area contributed by atoms with Crippen molar-refractivity contribution in [2.45, 2.75) is 38.1 Å². The second-order valence-corrected chi connectivity index (χ2v) is 7.73. The third kappa shape index (κ3) is 4.31. The molecule has 2 aromatic rings. The molecule has 6 nitrogen and oxygen atoms in total. The van der Waals surface area contributed by atoms with Crippen LogP contribution in [0.25, 0.3) is 0 Å². The highest BCUT2D eigenvalue weighted by molar-refractivity contribution is 6.07. The zero-order chi connectivity index (χ0) is 20.2. The number of para-hydroxylation sites is 2. The normalized spacial score (nSPS) is 19.4. The van der Waals surface area contributed by atoms with E-state index in [9.17, 15) is 14.4 Å². The third-order valence-electron chi connectivity index (χ3n) is 5.68. The summed E-state index contributed by atoms with van der Waals surface area (Å²) in [7, 11) is 0. The highest BCUT2D eigenvalue weighted by Gasteiger charge is 2.35.